The number of aryl methyl sites for hydroxylation is 1. The second-order valence-electron chi connectivity index (χ2n) is 3.59. The quantitative estimate of drug-likeness (QED) is 0.903. The van der Waals surface area contributed by atoms with E-state index in [4.69, 9.17) is 9.47 Å². The van der Waals surface area contributed by atoms with E-state index in [1.807, 2.05) is 14.0 Å². The summed E-state index contributed by atoms with van der Waals surface area (Å²) in [5, 5.41) is 3.13. The van der Waals surface area contributed by atoms with E-state index in [-0.39, 0.29) is 0 Å². The molecular weight excluding hydrogens is 270 g/mol. The first-order chi connectivity index (χ1) is 7.65. The number of nitrogens with one attached hydrogen (secondary N) is 1. The highest BCUT2D eigenvalue weighted by molar-refractivity contribution is 9.10. The van der Waals surface area contributed by atoms with Gasteiger partial charge in [0.05, 0.1) is 14.2 Å². The zero-order valence-electron chi connectivity index (χ0n) is 10.2. The molecule has 90 valence electrons. The first kappa shape index (κ1) is 13.3. The lowest BCUT2D eigenvalue weighted by Gasteiger charge is -2.15. The molecule has 0 fully saturated rings. The molecule has 4 heteroatoms. The van der Waals surface area contributed by atoms with Crippen molar-refractivity contribution in [2.24, 2.45) is 0 Å². The maximum Gasteiger partial charge on any atom is 0.140 e. The lowest BCUT2D eigenvalue weighted by Crippen LogP contribution is -2.11. The van der Waals surface area contributed by atoms with Gasteiger partial charge in [0.25, 0.3) is 0 Å². The minimum Gasteiger partial charge on any atom is -0.495 e. The van der Waals surface area contributed by atoms with Gasteiger partial charge in [-0.2, -0.15) is 0 Å². The number of hydrogen-bond acceptors (Lipinski definition) is 3. The van der Waals surface area contributed by atoms with Crippen molar-refractivity contribution in [3.63, 3.8) is 0 Å². The van der Waals surface area contributed by atoms with Crippen LogP contribution in [0.1, 0.15) is 11.1 Å². The summed E-state index contributed by atoms with van der Waals surface area (Å²) in [4.78, 5) is 0. The maximum atomic E-state index is 5.42. The fourth-order valence-electron chi connectivity index (χ4n) is 1.73. The number of likely N-dealkylation sites (N-methyl/N-ethyl adjacent to an activating group) is 1. The van der Waals surface area contributed by atoms with E-state index in [1.54, 1.807) is 14.2 Å². The Balaban J connectivity index is 3.18. The zero-order chi connectivity index (χ0) is 12.1. The minimum absolute atomic E-state index is 0.838. The molecule has 0 aromatic heterocycles. The largest absolute Gasteiger partial charge is 0.495 e. The van der Waals surface area contributed by atoms with Crippen LogP contribution in [0.3, 0.4) is 0 Å². The Morgan fingerprint density at radius 1 is 1.25 bits per heavy atom. The van der Waals surface area contributed by atoms with Crippen molar-refractivity contribution in [1.29, 1.82) is 0 Å². The van der Waals surface area contributed by atoms with E-state index >= 15 is 0 Å². The zero-order valence-corrected chi connectivity index (χ0v) is 11.8. The third-order valence-corrected chi connectivity index (χ3v) is 3.21. The predicted molar refractivity (Wildman–Crippen MR) is 69.6 cm³/mol. The molecule has 0 aliphatic heterocycles. The Bertz CT molecular complexity index is 367. The predicted octanol–water partition coefficient (Wildman–Crippen LogP) is 2.54. The minimum atomic E-state index is 0.838. The van der Waals surface area contributed by atoms with Crippen LogP contribution in [0.15, 0.2) is 10.5 Å². The topological polar surface area (TPSA) is 30.5 Å². The SMILES string of the molecule is CNCCc1cc(C)c(OC)c(Br)c1OC. The Hall–Kier alpha value is -0.740. The lowest BCUT2D eigenvalue weighted by molar-refractivity contribution is 0.384. The van der Waals surface area contributed by atoms with Crippen LogP contribution in [-0.4, -0.2) is 27.8 Å². The van der Waals surface area contributed by atoms with Gasteiger partial charge >= 0.3 is 0 Å². The molecule has 0 saturated carbocycles. The molecule has 3 nitrogen and oxygen atoms in total. The van der Waals surface area contributed by atoms with Crippen LogP contribution in [0.25, 0.3) is 0 Å². The van der Waals surface area contributed by atoms with Crippen LogP contribution >= 0.6 is 15.9 Å². The van der Waals surface area contributed by atoms with Crippen LogP contribution in [-0.2, 0) is 6.42 Å². The van der Waals surface area contributed by atoms with Gasteiger partial charge in [0.2, 0.25) is 0 Å². The number of halogens is 1. The molecule has 0 radical (unpaired) electrons. The summed E-state index contributed by atoms with van der Waals surface area (Å²) >= 11 is 3.52. The summed E-state index contributed by atoms with van der Waals surface area (Å²) in [6.45, 7) is 2.96. The average molecular weight is 288 g/mol. The van der Waals surface area contributed by atoms with E-state index in [0.717, 1.165) is 34.5 Å². The van der Waals surface area contributed by atoms with Crippen molar-refractivity contribution in [2.75, 3.05) is 27.8 Å². The Kier molecular flexibility index (Phi) is 5.09. The summed E-state index contributed by atoms with van der Waals surface area (Å²) in [6, 6.07) is 2.11. The molecule has 0 unspecified atom stereocenters. The fourth-order valence-corrected chi connectivity index (χ4v) is 2.62. The highest BCUT2D eigenvalue weighted by Crippen LogP contribution is 2.39. The van der Waals surface area contributed by atoms with E-state index in [2.05, 4.69) is 27.3 Å². The highest BCUT2D eigenvalue weighted by atomic mass is 79.9. The smallest absolute Gasteiger partial charge is 0.140 e. The van der Waals surface area contributed by atoms with Gasteiger partial charge in [0.1, 0.15) is 16.0 Å². The molecule has 0 spiro atoms. The van der Waals surface area contributed by atoms with Crippen molar-refractivity contribution < 1.29 is 9.47 Å². The normalized spacial score (nSPS) is 10.3. The molecule has 1 rings (SSSR count). The molecular formula is C12H18BrNO2. The lowest BCUT2D eigenvalue weighted by atomic mass is 10.1. The summed E-state index contributed by atoms with van der Waals surface area (Å²) in [7, 11) is 5.29. The average Bonchev–Trinajstić information content (AvgIpc) is 2.26. The summed E-state index contributed by atoms with van der Waals surface area (Å²) in [6.07, 6.45) is 0.934. The Labute approximate surface area is 105 Å². The first-order valence-electron chi connectivity index (χ1n) is 5.20. The Morgan fingerprint density at radius 3 is 2.38 bits per heavy atom. The molecule has 0 saturated heterocycles. The third-order valence-electron chi connectivity index (χ3n) is 2.49. The third kappa shape index (κ3) is 2.68. The van der Waals surface area contributed by atoms with Crippen LogP contribution in [0.2, 0.25) is 0 Å². The number of hydrogen-bond donors (Lipinski definition) is 1. The number of benzene rings is 1. The summed E-state index contributed by atoms with van der Waals surface area (Å²) in [5.41, 5.74) is 2.29. The molecule has 0 amide bonds. The Morgan fingerprint density at radius 2 is 1.88 bits per heavy atom. The van der Waals surface area contributed by atoms with E-state index in [1.165, 1.54) is 5.56 Å². The van der Waals surface area contributed by atoms with Crippen LogP contribution < -0.4 is 14.8 Å². The second kappa shape index (κ2) is 6.11. The van der Waals surface area contributed by atoms with Crippen molar-refractivity contribution >= 4 is 15.9 Å². The molecule has 1 aromatic carbocycles. The van der Waals surface area contributed by atoms with Crippen LogP contribution in [0, 0.1) is 6.92 Å². The molecule has 0 aliphatic carbocycles. The van der Waals surface area contributed by atoms with Gasteiger partial charge in [-0.25, -0.2) is 0 Å². The maximum absolute atomic E-state index is 5.42. The van der Waals surface area contributed by atoms with Gasteiger partial charge in [-0.3, -0.25) is 0 Å². The van der Waals surface area contributed by atoms with Gasteiger partial charge in [0, 0.05) is 0 Å². The van der Waals surface area contributed by atoms with E-state index < -0.39 is 0 Å². The molecule has 0 heterocycles. The van der Waals surface area contributed by atoms with Crippen molar-refractivity contribution in [2.45, 2.75) is 13.3 Å². The number of rotatable bonds is 5. The van der Waals surface area contributed by atoms with Gasteiger partial charge in [0.15, 0.2) is 0 Å². The monoisotopic (exact) mass is 287 g/mol. The molecule has 1 N–H and O–H groups in total. The first-order valence-corrected chi connectivity index (χ1v) is 5.99. The highest BCUT2D eigenvalue weighted by Gasteiger charge is 2.15. The standard InChI is InChI=1S/C12H18BrNO2/c1-8-7-9(5-6-14-2)12(16-4)10(13)11(8)15-3/h7,14H,5-6H2,1-4H3. The van der Waals surface area contributed by atoms with Crippen molar-refractivity contribution in [3.8, 4) is 11.5 Å². The van der Waals surface area contributed by atoms with Gasteiger partial charge in [-0.15, -0.1) is 0 Å². The number of ether oxygens (including phenoxy) is 2. The molecule has 0 bridgehead atoms. The van der Waals surface area contributed by atoms with Crippen LogP contribution in [0.5, 0.6) is 11.5 Å². The summed E-state index contributed by atoms with van der Waals surface area (Å²) in [5.74, 6) is 1.70. The van der Waals surface area contributed by atoms with Crippen LogP contribution in [0.4, 0.5) is 0 Å². The second-order valence-corrected chi connectivity index (χ2v) is 4.38. The molecule has 1 aromatic rings. The van der Waals surface area contributed by atoms with Gasteiger partial charge < -0.3 is 14.8 Å². The molecule has 0 atom stereocenters. The fraction of sp³-hybridized carbons (Fsp3) is 0.500. The van der Waals surface area contributed by atoms with Gasteiger partial charge in [-0.05, 0) is 60.1 Å². The summed E-state index contributed by atoms with van der Waals surface area (Å²) < 4.78 is 11.6. The van der Waals surface area contributed by atoms with Crippen molar-refractivity contribution in [3.05, 3.63) is 21.7 Å². The molecule has 0 aliphatic rings. The van der Waals surface area contributed by atoms with Crippen molar-refractivity contribution in [1.82, 2.24) is 5.32 Å². The number of methoxy groups -OCH3 is 2. The van der Waals surface area contributed by atoms with E-state index in [0.29, 0.717) is 0 Å². The van der Waals surface area contributed by atoms with Gasteiger partial charge in [-0.1, -0.05) is 0 Å². The molecule has 16 heavy (non-hydrogen) atoms. The van der Waals surface area contributed by atoms with E-state index in [9.17, 15) is 0 Å².